The number of amides is 2. The van der Waals surface area contributed by atoms with Gasteiger partial charge in [0.05, 0.1) is 7.11 Å². The number of benzene rings is 1. The Kier molecular flexibility index (Phi) is 7.18. The van der Waals surface area contributed by atoms with Gasteiger partial charge >= 0.3 is 5.97 Å². The van der Waals surface area contributed by atoms with E-state index in [9.17, 15) is 18.8 Å². The molecule has 0 aliphatic heterocycles. The molecule has 0 saturated carbocycles. The van der Waals surface area contributed by atoms with Crippen molar-refractivity contribution >= 4 is 17.8 Å². The molecule has 0 unspecified atom stereocenters. The average molecular weight is 324 g/mol. The molecule has 1 aromatic carbocycles. The maximum Gasteiger partial charge on any atom is 0.328 e. The molecule has 0 aliphatic rings. The van der Waals surface area contributed by atoms with Gasteiger partial charge in [0.1, 0.15) is 17.9 Å². The average Bonchev–Trinajstić information content (AvgIpc) is 2.52. The molecule has 0 fully saturated rings. The van der Waals surface area contributed by atoms with E-state index in [1.54, 1.807) is 6.92 Å². The maximum absolute atomic E-state index is 12.9. The molecule has 6 nitrogen and oxygen atoms in total. The highest BCUT2D eigenvalue weighted by molar-refractivity contribution is 5.90. The number of carbonyl (C=O) groups is 3. The predicted octanol–water partition coefficient (Wildman–Crippen LogP) is 0.941. The lowest BCUT2D eigenvalue weighted by Gasteiger charge is -2.21. The lowest BCUT2D eigenvalue weighted by Crippen LogP contribution is -2.52. The fourth-order valence-electron chi connectivity index (χ4n) is 2.05. The molecule has 0 radical (unpaired) electrons. The van der Waals surface area contributed by atoms with Gasteiger partial charge in [-0.2, -0.15) is 0 Å². The standard InChI is InChI=1S/C16H21FN2O4/c1-4-13(16(22)23-3)19-15(21)14(18-10(2)20)9-11-5-7-12(17)8-6-11/h5-8,13-14H,4,9H2,1-3H3,(H,18,20)(H,19,21)/t13-,14-/m1/s1. The number of hydrogen-bond donors (Lipinski definition) is 2. The quantitative estimate of drug-likeness (QED) is 0.731. The third-order valence-corrected chi connectivity index (χ3v) is 3.26. The first-order chi connectivity index (χ1) is 10.9. The van der Waals surface area contributed by atoms with Gasteiger partial charge < -0.3 is 15.4 Å². The van der Waals surface area contributed by atoms with Gasteiger partial charge in [0.2, 0.25) is 11.8 Å². The molecular formula is C16H21FN2O4. The fourth-order valence-corrected chi connectivity index (χ4v) is 2.05. The lowest BCUT2D eigenvalue weighted by atomic mass is 10.0. The summed E-state index contributed by atoms with van der Waals surface area (Å²) < 4.78 is 17.6. The van der Waals surface area contributed by atoms with Crippen molar-refractivity contribution in [3.63, 3.8) is 0 Å². The van der Waals surface area contributed by atoms with Crippen molar-refractivity contribution in [3.8, 4) is 0 Å². The van der Waals surface area contributed by atoms with Crippen LogP contribution >= 0.6 is 0 Å². The minimum absolute atomic E-state index is 0.184. The molecule has 0 aliphatic carbocycles. The summed E-state index contributed by atoms with van der Waals surface area (Å²) in [6.45, 7) is 3.03. The van der Waals surface area contributed by atoms with E-state index < -0.39 is 24.0 Å². The molecule has 0 saturated heterocycles. The molecule has 0 spiro atoms. The van der Waals surface area contributed by atoms with Crippen LogP contribution in [0.15, 0.2) is 24.3 Å². The number of carbonyl (C=O) groups excluding carboxylic acids is 3. The van der Waals surface area contributed by atoms with Crippen LogP contribution in [0.4, 0.5) is 4.39 Å². The Hall–Kier alpha value is -2.44. The molecular weight excluding hydrogens is 303 g/mol. The molecule has 2 N–H and O–H groups in total. The van der Waals surface area contributed by atoms with E-state index in [0.717, 1.165) is 0 Å². The highest BCUT2D eigenvalue weighted by atomic mass is 19.1. The molecule has 7 heteroatoms. The van der Waals surface area contributed by atoms with Crippen molar-refractivity contribution in [2.45, 2.75) is 38.8 Å². The molecule has 0 aromatic heterocycles. The van der Waals surface area contributed by atoms with Crippen LogP contribution in [-0.2, 0) is 25.5 Å². The zero-order valence-electron chi connectivity index (χ0n) is 13.4. The largest absolute Gasteiger partial charge is 0.467 e. The van der Waals surface area contributed by atoms with Crippen LogP contribution in [0.5, 0.6) is 0 Å². The Balaban J connectivity index is 2.83. The highest BCUT2D eigenvalue weighted by Gasteiger charge is 2.25. The number of ether oxygens (including phenoxy) is 1. The Bertz CT molecular complexity index is 560. The number of methoxy groups -OCH3 is 1. The molecule has 23 heavy (non-hydrogen) atoms. The Morgan fingerprint density at radius 3 is 2.22 bits per heavy atom. The SMILES string of the molecule is CC[C@@H](NC(=O)[C@@H](Cc1ccc(F)cc1)NC(C)=O)C(=O)OC. The van der Waals surface area contributed by atoms with Crippen molar-refractivity contribution < 1.29 is 23.5 Å². The van der Waals surface area contributed by atoms with Gasteiger partial charge in [0.15, 0.2) is 0 Å². The summed E-state index contributed by atoms with van der Waals surface area (Å²) >= 11 is 0. The second-order valence-corrected chi connectivity index (χ2v) is 5.08. The smallest absolute Gasteiger partial charge is 0.328 e. The third-order valence-electron chi connectivity index (χ3n) is 3.26. The molecule has 126 valence electrons. The zero-order chi connectivity index (χ0) is 17.4. The zero-order valence-corrected chi connectivity index (χ0v) is 13.4. The van der Waals surface area contributed by atoms with Crippen LogP contribution in [0, 0.1) is 5.82 Å². The first kappa shape index (κ1) is 18.6. The Morgan fingerprint density at radius 2 is 1.74 bits per heavy atom. The van der Waals surface area contributed by atoms with Crippen LogP contribution in [0.2, 0.25) is 0 Å². The summed E-state index contributed by atoms with van der Waals surface area (Å²) in [6, 6.07) is 3.99. The van der Waals surface area contributed by atoms with E-state index in [2.05, 4.69) is 15.4 Å². The molecule has 0 heterocycles. The van der Waals surface area contributed by atoms with Gasteiger partial charge in [-0.3, -0.25) is 9.59 Å². The van der Waals surface area contributed by atoms with Gasteiger partial charge in [-0.25, -0.2) is 9.18 Å². The topological polar surface area (TPSA) is 84.5 Å². The summed E-state index contributed by atoms with van der Waals surface area (Å²) in [4.78, 5) is 35.2. The first-order valence-corrected chi connectivity index (χ1v) is 7.27. The summed E-state index contributed by atoms with van der Waals surface area (Å²) in [6.07, 6.45) is 0.547. The minimum Gasteiger partial charge on any atom is -0.467 e. The Labute approximate surface area is 134 Å². The van der Waals surface area contributed by atoms with Crippen LogP contribution < -0.4 is 10.6 Å². The van der Waals surface area contributed by atoms with Gasteiger partial charge in [-0.1, -0.05) is 19.1 Å². The summed E-state index contributed by atoms with van der Waals surface area (Å²) in [5.41, 5.74) is 0.686. The van der Waals surface area contributed by atoms with Gasteiger partial charge in [0.25, 0.3) is 0 Å². The van der Waals surface area contributed by atoms with Gasteiger partial charge in [0, 0.05) is 13.3 Å². The fraction of sp³-hybridized carbons (Fsp3) is 0.438. The van der Waals surface area contributed by atoms with Crippen molar-refractivity contribution in [2.24, 2.45) is 0 Å². The molecule has 1 rings (SSSR count). The minimum atomic E-state index is -0.864. The maximum atomic E-state index is 12.9. The van der Waals surface area contributed by atoms with Crippen LogP contribution in [-0.4, -0.2) is 37.0 Å². The normalized spacial score (nSPS) is 12.9. The third kappa shape index (κ3) is 6.06. The summed E-state index contributed by atoms with van der Waals surface area (Å²) in [5, 5.41) is 5.08. The summed E-state index contributed by atoms with van der Waals surface area (Å²) in [7, 11) is 1.24. The van der Waals surface area contributed by atoms with Crippen LogP contribution in [0.25, 0.3) is 0 Å². The number of esters is 1. The van der Waals surface area contributed by atoms with Crippen molar-refractivity contribution in [1.29, 1.82) is 0 Å². The van der Waals surface area contributed by atoms with E-state index in [1.165, 1.54) is 38.3 Å². The van der Waals surface area contributed by atoms with E-state index in [0.29, 0.717) is 12.0 Å². The van der Waals surface area contributed by atoms with E-state index in [1.807, 2.05) is 0 Å². The van der Waals surface area contributed by atoms with Crippen molar-refractivity contribution in [3.05, 3.63) is 35.6 Å². The number of nitrogens with one attached hydrogen (secondary N) is 2. The van der Waals surface area contributed by atoms with Crippen molar-refractivity contribution in [1.82, 2.24) is 10.6 Å². The van der Waals surface area contributed by atoms with E-state index >= 15 is 0 Å². The van der Waals surface area contributed by atoms with Gasteiger partial charge in [-0.15, -0.1) is 0 Å². The van der Waals surface area contributed by atoms with E-state index in [-0.39, 0.29) is 18.1 Å². The lowest BCUT2D eigenvalue weighted by molar-refractivity contribution is -0.145. The number of halogens is 1. The monoisotopic (exact) mass is 324 g/mol. The molecule has 2 amide bonds. The second kappa shape index (κ2) is 8.87. The molecule has 2 atom stereocenters. The van der Waals surface area contributed by atoms with Crippen LogP contribution in [0.3, 0.4) is 0 Å². The summed E-state index contributed by atoms with van der Waals surface area (Å²) in [5.74, 6) is -1.81. The molecule has 1 aromatic rings. The van der Waals surface area contributed by atoms with Crippen LogP contribution in [0.1, 0.15) is 25.8 Å². The molecule has 0 bridgehead atoms. The Morgan fingerprint density at radius 1 is 1.13 bits per heavy atom. The second-order valence-electron chi connectivity index (χ2n) is 5.08. The highest BCUT2D eigenvalue weighted by Crippen LogP contribution is 2.07. The number of rotatable bonds is 7. The number of hydrogen-bond acceptors (Lipinski definition) is 4. The first-order valence-electron chi connectivity index (χ1n) is 7.27. The van der Waals surface area contributed by atoms with Crippen molar-refractivity contribution in [2.75, 3.05) is 7.11 Å². The van der Waals surface area contributed by atoms with Gasteiger partial charge in [-0.05, 0) is 24.1 Å². The predicted molar refractivity (Wildman–Crippen MR) is 81.9 cm³/mol. The van der Waals surface area contributed by atoms with E-state index in [4.69, 9.17) is 0 Å².